The van der Waals surface area contributed by atoms with E-state index < -0.39 is 0 Å². The molecule has 0 unspecified atom stereocenters. The Kier molecular flexibility index (Phi) is 5.93. The van der Waals surface area contributed by atoms with E-state index in [0.717, 1.165) is 29.0 Å². The van der Waals surface area contributed by atoms with Gasteiger partial charge in [-0.2, -0.15) is 0 Å². The molecule has 0 saturated carbocycles. The molecular formula is C18H21ClN2O3. The summed E-state index contributed by atoms with van der Waals surface area (Å²) in [6, 6.07) is 11.0. The second kappa shape index (κ2) is 7.93. The van der Waals surface area contributed by atoms with Crippen LogP contribution in [0, 0.1) is 6.92 Å². The van der Waals surface area contributed by atoms with Crippen LogP contribution in [0.2, 0.25) is 0 Å². The number of halogens is 1. The highest BCUT2D eigenvalue weighted by molar-refractivity contribution is 5.96. The molecule has 3 rings (SSSR count). The fourth-order valence-electron chi connectivity index (χ4n) is 2.48. The van der Waals surface area contributed by atoms with Crippen molar-refractivity contribution in [1.82, 2.24) is 5.32 Å². The number of rotatable bonds is 3. The van der Waals surface area contributed by atoms with Crippen molar-refractivity contribution in [1.29, 1.82) is 0 Å². The number of nitrogens with one attached hydrogen (secondary N) is 1. The molecule has 24 heavy (non-hydrogen) atoms. The predicted molar refractivity (Wildman–Crippen MR) is 96.1 cm³/mol. The van der Waals surface area contributed by atoms with Crippen molar-refractivity contribution in [3.63, 3.8) is 0 Å². The molecule has 6 heteroatoms. The van der Waals surface area contributed by atoms with Crippen LogP contribution >= 0.6 is 12.4 Å². The number of benzene rings is 2. The van der Waals surface area contributed by atoms with Crippen LogP contribution < -0.4 is 20.5 Å². The summed E-state index contributed by atoms with van der Waals surface area (Å²) in [6.07, 6.45) is 0.870. The highest BCUT2D eigenvalue weighted by Gasteiger charge is 2.12. The van der Waals surface area contributed by atoms with Crippen molar-refractivity contribution in [2.45, 2.75) is 19.9 Å². The summed E-state index contributed by atoms with van der Waals surface area (Å²) < 4.78 is 11.3. The molecule has 0 fully saturated rings. The molecule has 0 radical (unpaired) electrons. The van der Waals surface area contributed by atoms with Crippen LogP contribution in [0.3, 0.4) is 0 Å². The number of carbonyl (C=O) groups excluding carboxylic acids is 1. The van der Waals surface area contributed by atoms with Crippen LogP contribution in [0.5, 0.6) is 11.5 Å². The van der Waals surface area contributed by atoms with Crippen LogP contribution in [0.4, 0.5) is 5.69 Å². The van der Waals surface area contributed by atoms with E-state index in [9.17, 15) is 4.79 Å². The number of carbonyl (C=O) groups is 1. The minimum Gasteiger partial charge on any atom is -0.490 e. The Bertz CT molecular complexity index is 734. The Labute approximate surface area is 147 Å². The Balaban J connectivity index is 0.00000208. The highest BCUT2D eigenvalue weighted by Crippen LogP contribution is 2.30. The molecule has 3 N–H and O–H groups in total. The number of nitrogens with two attached hydrogens (primary N) is 1. The normalized spacial score (nSPS) is 12.7. The first-order valence-corrected chi connectivity index (χ1v) is 7.66. The van der Waals surface area contributed by atoms with Crippen molar-refractivity contribution < 1.29 is 14.3 Å². The van der Waals surface area contributed by atoms with Crippen molar-refractivity contribution in [3.05, 3.63) is 53.1 Å². The number of aryl methyl sites for hydroxylation is 1. The van der Waals surface area contributed by atoms with E-state index in [2.05, 4.69) is 5.32 Å². The van der Waals surface area contributed by atoms with Gasteiger partial charge in [0.1, 0.15) is 0 Å². The molecule has 128 valence electrons. The summed E-state index contributed by atoms with van der Waals surface area (Å²) in [4.78, 5) is 12.3. The molecular weight excluding hydrogens is 328 g/mol. The molecule has 0 aliphatic carbocycles. The molecule has 1 aliphatic rings. The van der Waals surface area contributed by atoms with Gasteiger partial charge in [0.2, 0.25) is 0 Å². The number of hydrogen-bond acceptors (Lipinski definition) is 4. The number of nitrogen functional groups attached to an aromatic ring is 1. The summed E-state index contributed by atoms with van der Waals surface area (Å²) in [5.41, 5.74) is 8.79. The zero-order valence-electron chi connectivity index (χ0n) is 13.5. The van der Waals surface area contributed by atoms with Gasteiger partial charge in [-0.05, 0) is 42.3 Å². The van der Waals surface area contributed by atoms with Crippen LogP contribution in [0.1, 0.15) is 27.9 Å². The number of ether oxygens (including phenoxy) is 2. The van der Waals surface area contributed by atoms with E-state index in [1.807, 2.05) is 31.2 Å². The zero-order valence-corrected chi connectivity index (χ0v) is 14.3. The molecule has 0 spiro atoms. The number of anilines is 1. The molecule has 2 aromatic rings. The number of amides is 1. The van der Waals surface area contributed by atoms with Gasteiger partial charge in [-0.15, -0.1) is 12.4 Å². The van der Waals surface area contributed by atoms with E-state index in [1.54, 1.807) is 12.1 Å². The Hall–Kier alpha value is -2.40. The lowest BCUT2D eigenvalue weighted by atomic mass is 10.1. The summed E-state index contributed by atoms with van der Waals surface area (Å²) in [7, 11) is 0. The summed E-state index contributed by atoms with van der Waals surface area (Å²) in [5.74, 6) is 1.35. The third-order valence-electron chi connectivity index (χ3n) is 3.77. The lowest BCUT2D eigenvalue weighted by Gasteiger charge is -2.11. The summed E-state index contributed by atoms with van der Waals surface area (Å²) in [6.45, 7) is 3.62. The second-order valence-corrected chi connectivity index (χ2v) is 5.59. The van der Waals surface area contributed by atoms with E-state index in [-0.39, 0.29) is 18.3 Å². The van der Waals surface area contributed by atoms with Crippen LogP contribution in [-0.4, -0.2) is 19.1 Å². The molecule has 1 heterocycles. The maximum atomic E-state index is 12.3. The highest BCUT2D eigenvalue weighted by atomic mass is 35.5. The maximum Gasteiger partial charge on any atom is 0.251 e. The SMILES string of the molecule is Cc1ccc(N)cc1C(=O)NCc1ccc2c(c1)OCCCO2.Cl. The maximum absolute atomic E-state index is 12.3. The standard InChI is InChI=1S/C18H20N2O3.ClH/c1-12-3-5-14(19)10-15(12)18(21)20-11-13-4-6-16-17(9-13)23-8-2-7-22-16;/h3-6,9-10H,2,7-8,11,19H2,1H3,(H,20,21);1H. The monoisotopic (exact) mass is 348 g/mol. The zero-order chi connectivity index (χ0) is 16.2. The Morgan fingerprint density at radius 3 is 2.67 bits per heavy atom. The van der Waals surface area contributed by atoms with Gasteiger partial charge in [-0.1, -0.05) is 12.1 Å². The molecule has 0 bridgehead atoms. The fourth-order valence-corrected chi connectivity index (χ4v) is 2.48. The fraction of sp³-hybridized carbons (Fsp3) is 0.278. The Morgan fingerprint density at radius 2 is 1.88 bits per heavy atom. The van der Waals surface area contributed by atoms with E-state index in [1.165, 1.54) is 0 Å². The molecule has 5 nitrogen and oxygen atoms in total. The number of fused-ring (bicyclic) bond motifs is 1. The second-order valence-electron chi connectivity index (χ2n) is 5.59. The first-order chi connectivity index (χ1) is 11.1. The summed E-state index contributed by atoms with van der Waals surface area (Å²) in [5, 5.41) is 2.91. The van der Waals surface area contributed by atoms with Crippen LogP contribution in [0.25, 0.3) is 0 Å². The molecule has 0 saturated heterocycles. The van der Waals surface area contributed by atoms with Crippen molar-refractivity contribution in [3.8, 4) is 11.5 Å². The van der Waals surface area contributed by atoms with E-state index >= 15 is 0 Å². The molecule has 0 atom stereocenters. The predicted octanol–water partition coefficient (Wildman–Crippen LogP) is 3.09. The van der Waals surface area contributed by atoms with Crippen LogP contribution in [0.15, 0.2) is 36.4 Å². The van der Waals surface area contributed by atoms with E-state index in [4.69, 9.17) is 15.2 Å². The Morgan fingerprint density at radius 1 is 1.12 bits per heavy atom. The smallest absolute Gasteiger partial charge is 0.251 e. The van der Waals surface area contributed by atoms with E-state index in [0.29, 0.717) is 31.0 Å². The van der Waals surface area contributed by atoms with Gasteiger partial charge in [0, 0.05) is 24.2 Å². The minimum atomic E-state index is -0.137. The quantitative estimate of drug-likeness (QED) is 0.836. The molecule has 0 aromatic heterocycles. The average molecular weight is 349 g/mol. The molecule has 2 aromatic carbocycles. The van der Waals surface area contributed by atoms with Gasteiger partial charge in [-0.25, -0.2) is 0 Å². The molecule has 1 aliphatic heterocycles. The lowest BCUT2D eigenvalue weighted by Crippen LogP contribution is -2.23. The van der Waals surface area contributed by atoms with Crippen molar-refractivity contribution in [2.24, 2.45) is 0 Å². The topological polar surface area (TPSA) is 73.6 Å². The molecule has 1 amide bonds. The van der Waals surface area contributed by atoms with Gasteiger partial charge in [0.15, 0.2) is 11.5 Å². The largest absolute Gasteiger partial charge is 0.490 e. The minimum absolute atomic E-state index is 0. The van der Waals surface area contributed by atoms with Gasteiger partial charge < -0.3 is 20.5 Å². The average Bonchev–Trinajstić information content (AvgIpc) is 2.79. The van der Waals surface area contributed by atoms with Gasteiger partial charge >= 0.3 is 0 Å². The van der Waals surface area contributed by atoms with Gasteiger partial charge in [0.25, 0.3) is 5.91 Å². The summed E-state index contributed by atoms with van der Waals surface area (Å²) >= 11 is 0. The van der Waals surface area contributed by atoms with Gasteiger partial charge in [0.05, 0.1) is 13.2 Å². The third kappa shape index (κ3) is 4.11. The first kappa shape index (κ1) is 17.9. The third-order valence-corrected chi connectivity index (χ3v) is 3.77. The first-order valence-electron chi connectivity index (χ1n) is 7.66. The number of hydrogen-bond donors (Lipinski definition) is 2. The van der Waals surface area contributed by atoms with Crippen molar-refractivity contribution in [2.75, 3.05) is 18.9 Å². The van der Waals surface area contributed by atoms with Gasteiger partial charge in [-0.3, -0.25) is 4.79 Å². The van der Waals surface area contributed by atoms with Crippen molar-refractivity contribution >= 4 is 24.0 Å². The van der Waals surface area contributed by atoms with Crippen LogP contribution in [-0.2, 0) is 6.54 Å². The lowest BCUT2D eigenvalue weighted by molar-refractivity contribution is 0.0950.